The number of fused-ring (bicyclic) bond motifs is 1. The van der Waals surface area contributed by atoms with Crippen LogP contribution in [0.15, 0.2) is 28.9 Å². The van der Waals surface area contributed by atoms with Gasteiger partial charge in [0, 0.05) is 6.07 Å². The molecule has 0 unspecified atom stereocenters. The molecule has 0 aliphatic heterocycles. The molecule has 0 saturated heterocycles. The fourth-order valence-electron chi connectivity index (χ4n) is 2.91. The molecule has 1 saturated carbocycles. The van der Waals surface area contributed by atoms with Crippen molar-refractivity contribution >= 4 is 11.6 Å². The summed E-state index contributed by atoms with van der Waals surface area (Å²) in [6, 6.07) is 5.16. The number of hydrogen-bond donors (Lipinski definition) is 2. The van der Waals surface area contributed by atoms with Gasteiger partial charge in [0.25, 0.3) is 5.78 Å². The van der Waals surface area contributed by atoms with Crippen molar-refractivity contribution in [3.8, 4) is 23.4 Å². The largest absolute Gasteiger partial charge is 0.461 e. The molecule has 1 aliphatic carbocycles. The summed E-state index contributed by atoms with van der Waals surface area (Å²) >= 11 is 0. The smallest absolute Gasteiger partial charge is 0.255 e. The lowest BCUT2D eigenvalue weighted by Gasteiger charge is -2.26. The molecule has 7 nitrogen and oxygen atoms in total. The number of anilines is 1. The van der Waals surface area contributed by atoms with Crippen molar-refractivity contribution < 1.29 is 9.52 Å². The third kappa shape index (κ3) is 2.72. The molecule has 0 amide bonds. The van der Waals surface area contributed by atoms with Gasteiger partial charge in [-0.05, 0) is 43.7 Å². The summed E-state index contributed by atoms with van der Waals surface area (Å²) in [5, 5.41) is 14.8. The number of aliphatic hydroxyl groups is 1. The van der Waals surface area contributed by atoms with Gasteiger partial charge < -0.3 is 15.3 Å². The van der Waals surface area contributed by atoms with Crippen LogP contribution in [0, 0.1) is 11.8 Å². The molecule has 0 spiro atoms. The molecule has 24 heavy (non-hydrogen) atoms. The Labute approximate surface area is 138 Å². The maximum atomic E-state index is 10.5. The van der Waals surface area contributed by atoms with Crippen LogP contribution in [0.25, 0.3) is 17.4 Å². The van der Waals surface area contributed by atoms with Crippen molar-refractivity contribution in [2.75, 3.05) is 5.73 Å². The van der Waals surface area contributed by atoms with Gasteiger partial charge in [-0.3, -0.25) is 0 Å². The second-order valence-corrected chi connectivity index (χ2v) is 6.03. The van der Waals surface area contributed by atoms with E-state index in [9.17, 15) is 5.11 Å². The summed E-state index contributed by atoms with van der Waals surface area (Å²) in [4.78, 5) is 8.69. The van der Waals surface area contributed by atoms with E-state index in [-0.39, 0.29) is 0 Å². The van der Waals surface area contributed by atoms with E-state index in [2.05, 4.69) is 26.9 Å². The Morgan fingerprint density at radius 2 is 2.08 bits per heavy atom. The topological polar surface area (TPSA) is 102 Å². The highest BCUT2D eigenvalue weighted by Crippen LogP contribution is 2.27. The second kappa shape index (κ2) is 5.65. The number of rotatable bonds is 1. The average molecular weight is 323 g/mol. The summed E-state index contributed by atoms with van der Waals surface area (Å²) in [6.07, 6.45) is 6.10. The molecule has 0 aromatic carbocycles. The van der Waals surface area contributed by atoms with Gasteiger partial charge in [0.15, 0.2) is 5.76 Å². The first-order chi connectivity index (χ1) is 11.6. The van der Waals surface area contributed by atoms with E-state index in [0.29, 0.717) is 41.7 Å². The Bertz CT molecular complexity index is 927. The minimum absolute atomic E-state index is 0.348. The number of nitrogens with zero attached hydrogens (tertiary/aromatic N) is 4. The molecule has 0 bridgehead atoms. The van der Waals surface area contributed by atoms with Gasteiger partial charge >= 0.3 is 0 Å². The number of nitrogens with two attached hydrogens (primary N) is 1. The van der Waals surface area contributed by atoms with E-state index in [0.717, 1.165) is 19.3 Å². The zero-order chi connectivity index (χ0) is 16.6. The first-order valence-electron chi connectivity index (χ1n) is 7.96. The van der Waals surface area contributed by atoms with Crippen molar-refractivity contribution in [2.24, 2.45) is 0 Å². The number of furan rings is 1. The van der Waals surface area contributed by atoms with Gasteiger partial charge in [-0.2, -0.15) is 9.50 Å². The fourth-order valence-corrected chi connectivity index (χ4v) is 2.91. The summed E-state index contributed by atoms with van der Waals surface area (Å²) < 4.78 is 6.73. The van der Waals surface area contributed by atoms with Gasteiger partial charge in [0.2, 0.25) is 5.82 Å². The van der Waals surface area contributed by atoms with Crippen LogP contribution >= 0.6 is 0 Å². The predicted octanol–water partition coefficient (Wildman–Crippen LogP) is 2.01. The van der Waals surface area contributed by atoms with E-state index in [1.54, 1.807) is 24.5 Å². The van der Waals surface area contributed by atoms with Crippen LogP contribution in [0.2, 0.25) is 0 Å². The number of nitrogen functional groups attached to an aromatic ring is 1. The van der Waals surface area contributed by atoms with Crippen molar-refractivity contribution in [1.82, 2.24) is 19.6 Å². The van der Waals surface area contributed by atoms with E-state index in [1.165, 1.54) is 4.52 Å². The third-order valence-electron chi connectivity index (χ3n) is 4.19. The molecule has 1 fully saturated rings. The molecule has 3 aromatic heterocycles. The van der Waals surface area contributed by atoms with Gasteiger partial charge in [0.05, 0.1) is 6.26 Å². The van der Waals surface area contributed by atoms with Crippen molar-refractivity contribution in [2.45, 2.75) is 37.7 Å². The van der Waals surface area contributed by atoms with Crippen LogP contribution in [-0.4, -0.2) is 30.3 Å². The van der Waals surface area contributed by atoms with E-state index >= 15 is 0 Å². The molecule has 4 rings (SSSR count). The molecule has 1 aliphatic rings. The lowest BCUT2D eigenvalue weighted by atomic mass is 9.85. The van der Waals surface area contributed by atoms with E-state index in [4.69, 9.17) is 10.2 Å². The van der Waals surface area contributed by atoms with Crippen LogP contribution in [0.4, 0.5) is 5.82 Å². The highest BCUT2D eigenvalue weighted by atomic mass is 16.3. The molecular weight excluding hydrogens is 306 g/mol. The minimum atomic E-state index is -0.923. The summed E-state index contributed by atoms with van der Waals surface area (Å²) in [5.74, 6) is 7.57. The predicted molar refractivity (Wildman–Crippen MR) is 87.8 cm³/mol. The fraction of sp³-hybridized carbons (Fsp3) is 0.353. The van der Waals surface area contributed by atoms with Gasteiger partial charge in [-0.15, -0.1) is 5.10 Å². The SMILES string of the molecule is Nc1cc(C#CC2(O)CCCCC2)nc2nc(-c3ccco3)nn12. The molecule has 3 aromatic rings. The Hall–Kier alpha value is -2.85. The number of hydrogen-bond acceptors (Lipinski definition) is 6. The Kier molecular flexibility index (Phi) is 3.47. The Morgan fingerprint density at radius 1 is 1.25 bits per heavy atom. The average Bonchev–Trinajstić information content (AvgIpc) is 3.23. The minimum Gasteiger partial charge on any atom is -0.461 e. The van der Waals surface area contributed by atoms with E-state index < -0.39 is 5.60 Å². The van der Waals surface area contributed by atoms with Gasteiger partial charge in [-0.25, -0.2) is 4.98 Å². The highest BCUT2D eigenvalue weighted by Gasteiger charge is 2.26. The lowest BCUT2D eigenvalue weighted by molar-refractivity contribution is 0.0610. The maximum Gasteiger partial charge on any atom is 0.255 e. The maximum absolute atomic E-state index is 10.5. The second-order valence-electron chi connectivity index (χ2n) is 6.03. The standard InChI is InChI=1S/C17H17N5O2/c18-14-11-12(6-9-17(23)7-2-1-3-8-17)19-16-20-15(21-22(14)16)13-5-4-10-24-13/h4-5,10-11,23H,1-3,7-8,18H2. The normalized spacial score (nSPS) is 16.7. The van der Waals surface area contributed by atoms with Crippen LogP contribution < -0.4 is 5.73 Å². The van der Waals surface area contributed by atoms with Crippen LogP contribution in [0.3, 0.4) is 0 Å². The summed E-state index contributed by atoms with van der Waals surface area (Å²) in [6.45, 7) is 0. The lowest BCUT2D eigenvalue weighted by Crippen LogP contribution is -2.29. The number of aromatic nitrogens is 4. The molecular formula is C17H17N5O2. The molecule has 0 atom stereocenters. The quantitative estimate of drug-likeness (QED) is 0.664. The molecule has 3 heterocycles. The zero-order valence-corrected chi connectivity index (χ0v) is 13.1. The van der Waals surface area contributed by atoms with Crippen LogP contribution in [0.5, 0.6) is 0 Å². The van der Waals surface area contributed by atoms with Gasteiger partial charge in [-0.1, -0.05) is 12.3 Å². The summed E-state index contributed by atoms with van der Waals surface area (Å²) in [7, 11) is 0. The summed E-state index contributed by atoms with van der Waals surface area (Å²) in [5.41, 5.74) is 5.57. The third-order valence-corrected chi connectivity index (χ3v) is 4.19. The first-order valence-corrected chi connectivity index (χ1v) is 7.96. The monoisotopic (exact) mass is 323 g/mol. The first kappa shape index (κ1) is 14.7. The van der Waals surface area contributed by atoms with E-state index in [1.807, 2.05) is 0 Å². The van der Waals surface area contributed by atoms with Crippen molar-refractivity contribution in [3.63, 3.8) is 0 Å². The molecule has 7 heteroatoms. The molecule has 0 radical (unpaired) electrons. The zero-order valence-electron chi connectivity index (χ0n) is 13.1. The Morgan fingerprint density at radius 3 is 2.83 bits per heavy atom. The van der Waals surface area contributed by atoms with Crippen molar-refractivity contribution in [1.29, 1.82) is 0 Å². The highest BCUT2D eigenvalue weighted by molar-refractivity contribution is 5.54. The van der Waals surface area contributed by atoms with Crippen molar-refractivity contribution in [3.05, 3.63) is 30.2 Å². The van der Waals surface area contributed by atoms with Crippen LogP contribution in [0.1, 0.15) is 37.8 Å². The molecule has 3 N–H and O–H groups in total. The van der Waals surface area contributed by atoms with Gasteiger partial charge in [0.1, 0.15) is 17.1 Å². The van der Waals surface area contributed by atoms with Crippen LogP contribution in [-0.2, 0) is 0 Å². The Balaban J connectivity index is 1.70. The molecule has 122 valence electrons.